The monoisotopic (exact) mass is 338 g/mol. The van der Waals surface area contributed by atoms with Gasteiger partial charge in [-0.05, 0) is 54.6 Å². The number of fused-ring (bicyclic) bond motifs is 1. The third kappa shape index (κ3) is 2.85. The van der Waals surface area contributed by atoms with Crippen LogP contribution < -0.4 is 0 Å². The van der Waals surface area contributed by atoms with Crippen molar-refractivity contribution in [2.45, 2.75) is 31.7 Å². The van der Waals surface area contributed by atoms with Gasteiger partial charge in [0.1, 0.15) is 0 Å². The number of hydrogen-bond donors (Lipinski definition) is 1. The van der Waals surface area contributed by atoms with E-state index in [1.807, 2.05) is 12.1 Å². The molecule has 4 rings (SSSR count). The molecule has 0 aliphatic carbocycles. The molecule has 1 aliphatic heterocycles. The van der Waals surface area contributed by atoms with Gasteiger partial charge in [-0.15, -0.1) is 0 Å². The van der Waals surface area contributed by atoms with E-state index in [-0.39, 0.29) is 5.41 Å². The Bertz CT molecular complexity index is 844. The van der Waals surface area contributed by atoms with Crippen LogP contribution in [-0.2, 0) is 12.0 Å². The van der Waals surface area contributed by atoms with Gasteiger partial charge >= 0.3 is 0 Å². The number of aromatic amines is 1. The summed E-state index contributed by atoms with van der Waals surface area (Å²) in [5.74, 6) is 0. The van der Waals surface area contributed by atoms with Gasteiger partial charge in [0.15, 0.2) is 0 Å². The molecule has 1 saturated heterocycles. The molecule has 1 fully saturated rings. The van der Waals surface area contributed by atoms with E-state index >= 15 is 0 Å². The zero-order chi connectivity index (χ0) is 16.6. The van der Waals surface area contributed by atoms with Crippen molar-refractivity contribution in [3.8, 4) is 0 Å². The lowest BCUT2D eigenvalue weighted by Gasteiger charge is -2.40. The first-order valence-electron chi connectivity index (χ1n) is 8.68. The Labute approximate surface area is 148 Å². The highest BCUT2D eigenvalue weighted by molar-refractivity contribution is 6.31. The van der Waals surface area contributed by atoms with Crippen LogP contribution >= 0.6 is 11.6 Å². The summed E-state index contributed by atoms with van der Waals surface area (Å²) in [5, 5.41) is 2.25. The number of H-pyrrole nitrogens is 1. The number of aromatic nitrogens is 1. The van der Waals surface area contributed by atoms with Crippen LogP contribution in [0.1, 0.15) is 30.9 Å². The maximum atomic E-state index is 6.45. The molecule has 1 N–H and O–H groups in total. The highest BCUT2D eigenvalue weighted by Crippen LogP contribution is 2.39. The molecule has 2 heterocycles. The van der Waals surface area contributed by atoms with Crippen molar-refractivity contribution in [3.63, 3.8) is 0 Å². The highest BCUT2D eigenvalue weighted by Gasteiger charge is 2.33. The van der Waals surface area contributed by atoms with Crippen LogP contribution in [0, 0.1) is 0 Å². The molecular weight excluding hydrogens is 316 g/mol. The SMILES string of the molecule is CC1(c2ccccc2Cl)CCN(Cc2c[nH]c3ccccc23)CC1. The van der Waals surface area contributed by atoms with Gasteiger partial charge in [0.05, 0.1) is 0 Å². The van der Waals surface area contributed by atoms with E-state index in [4.69, 9.17) is 11.6 Å². The molecule has 3 aromatic rings. The van der Waals surface area contributed by atoms with Crippen molar-refractivity contribution in [2.75, 3.05) is 13.1 Å². The maximum absolute atomic E-state index is 6.45. The molecule has 2 nitrogen and oxygen atoms in total. The molecule has 1 aliphatic rings. The van der Waals surface area contributed by atoms with Gasteiger partial charge in [0.25, 0.3) is 0 Å². The van der Waals surface area contributed by atoms with Crippen molar-refractivity contribution >= 4 is 22.5 Å². The van der Waals surface area contributed by atoms with E-state index in [2.05, 4.69) is 59.4 Å². The van der Waals surface area contributed by atoms with Crippen LogP contribution in [0.3, 0.4) is 0 Å². The summed E-state index contributed by atoms with van der Waals surface area (Å²) < 4.78 is 0. The molecule has 124 valence electrons. The van der Waals surface area contributed by atoms with Crippen molar-refractivity contribution in [1.82, 2.24) is 9.88 Å². The van der Waals surface area contributed by atoms with Gasteiger partial charge < -0.3 is 4.98 Å². The lowest BCUT2D eigenvalue weighted by Crippen LogP contribution is -2.40. The van der Waals surface area contributed by atoms with Crippen molar-refractivity contribution in [1.29, 1.82) is 0 Å². The summed E-state index contributed by atoms with van der Waals surface area (Å²) in [4.78, 5) is 5.95. The van der Waals surface area contributed by atoms with E-state index in [0.29, 0.717) is 0 Å². The minimum atomic E-state index is 0.190. The molecule has 0 saturated carbocycles. The quantitative estimate of drug-likeness (QED) is 0.679. The Morgan fingerprint density at radius 1 is 1.04 bits per heavy atom. The van der Waals surface area contributed by atoms with Crippen LogP contribution in [0.2, 0.25) is 5.02 Å². The second-order valence-corrected chi connectivity index (χ2v) is 7.58. The molecule has 2 aromatic carbocycles. The van der Waals surface area contributed by atoms with Gasteiger partial charge in [0.2, 0.25) is 0 Å². The number of halogens is 1. The van der Waals surface area contributed by atoms with Gasteiger partial charge in [-0.2, -0.15) is 0 Å². The largest absolute Gasteiger partial charge is 0.361 e. The number of nitrogens with one attached hydrogen (secondary N) is 1. The molecule has 0 bridgehead atoms. The molecule has 0 amide bonds. The fourth-order valence-electron chi connectivity index (χ4n) is 3.93. The molecule has 3 heteroatoms. The first-order valence-corrected chi connectivity index (χ1v) is 9.06. The van der Waals surface area contributed by atoms with Gasteiger partial charge in [-0.25, -0.2) is 0 Å². The Kier molecular flexibility index (Phi) is 4.11. The van der Waals surface area contributed by atoms with Crippen LogP contribution in [-0.4, -0.2) is 23.0 Å². The Balaban J connectivity index is 1.47. The van der Waals surface area contributed by atoms with Crippen molar-refractivity contribution in [2.24, 2.45) is 0 Å². The van der Waals surface area contributed by atoms with Gasteiger partial charge in [-0.1, -0.05) is 54.9 Å². The fourth-order valence-corrected chi connectivity index (χ4v) is 4.29. The van der Waals surface area contributed by atoms with E-state index in [9.17, 15) is 0 Å². The molecule has 0 atom stereocenters. The summed E-state index contributed by atoms with van der Waals surface area (Å²) in [6, 6.07) is 16.9. The van der Waals surface area contributed by atoms with Gasteiger partial charge in [-0.3, -0.25) is 4.90 Å². The summed E-state index contributed by atoms with van der Waals surface area (Å²) in [5.41, 5.74) is 4.12. The lowest BCUT2D eigenvalue weighted by atomic mass is 9.74. The van der Waals surface area contributed by atoms with Crippen molar-refractivity contribution < 1.29 is 0 Å². The average molecular weight is 339 g/mol. The smallest absolute Gasteiger partial charge is 0.0457 e. The third-order valence-electron chi connectivity index (χ3n) is 5.55. The summed E-state index contributed by atoms with van der Waals surface area (Å²) >= 11 is 6.45. The number of nitrogens with zero attached hydrogens (tertiary/aromatic N) is 1. The lowest BCUT2D eigenvalue weighted by molar-refractivity contribution is 0.162. The molecular formula is C21H23ClN2. The second kappa shape index (κ2) is 6.27. The zero-order valence-electron chi connectivity index (χ0n) is 14.1. The third-order valence-corrected chi connectivity index (χ3v) is 5.88. The number of likely N-dealkylation sites (tertiary alicyclic amines) is 1. The van der Waals surface area contributed by atoms with E-state index in [1.54, 1.807) is 0 Å². The maximum Gasteiger partial charge on any atom is 0.0457 e. The topological polar surface area (TPSA) is 19.0 Å². The average Bonchev–Trinajstić information content (AvgIpc) is 3.01. The van der Waals surface area contributed by atoms with E-state index < -0.39 is 0 Å². The number of rotatable bonds is 3. The summed E-state index contributed by atoms with van der Waals surface area (Å²) in [6.45, 7) is 5.60. The van der Waals surface area contributed by atoms with Crippen LogP contribution in [0.25, 0.3) is 10.9 Å². The summed E-state index contributed by atoms with van der Waals surface area (Å²) in [6.07, 6.45) is 4.46. The minimum Gasteiger partial charge on any atom is -0.361 e. The number of piperidine rings is 1. The Morgan fingerprint density at radius 3 is 2.54 bits per heavy atom. The molecule has 0 radical (unpaired) electrons. The fraction of sp³-hybridized carbons (Fsp3) is 0.333. The van der Waals surface area contributed by atoms with Crippen LogP contribution in [0.4, 0.5) is 0 Å². The predicted molar refractivity (Wildman–Crippen MR) is 102 cm³/mol. The van der Waals surface area contributed by atoms with E-state index in [1.165, 1.54) is 22.0 Å². The Morgan fingerprint density at radius 2 is 1.75 bits per heavy atom. The standard InChI is InChI=1S/C21H23ClN2/c1-21(18-7-3-4-8-19(18)22)10-12-24(13-11-21)15-16-14-23-20-9-5-2-6-17(16)20/h2-9,14,23H,10-13,15H2,1H3. The van der Waals surface area contributed by atoms with Crippen LogP contribution in [0.15, 0.2) is 54.7 Å². The highest BCUT2D eigenvalue weighted by atomic mass is 35.5. The zero-order valence-corrected chi connectivity index (χ0v) is 14.8. The van der Waals surface area contributed by atoms with Crippen LogP contribution in [0.5, 0.6) is 0 Å². The number of hydrogen-bond acceptors (Lipinski definition) is 1. The first-order chi connectivity index (χ1) is 11.7. The molecule has 0 spiro atoms. The predicted octanol–water partition coefficient (Wildman–Crippen LogP) is 5.38. The van der Waals surface area contributed by atoms with Gasteiger partial charge in [0, 0.05) is 28.7 Å². The molecule has 1 aromatic heterocycles. The minimum absolute atomic E-state index is 0.190. The Hall–Kier alpha value is -1.77. The van der Waals surface area contributed by atoms with Crippen molar-refractivity contribution in [3.05, 3.63) is 70.9 Å². The summed E-state index contributed by atoms with van der Waals surface area (Å²) in [7, 11) is 0. The first kappa shape index (κ1) is 15.7. The number of benzene rings is 2. The van der Waals surface area contributed by atoms with E-state index in [0.717, 1.165) is 37.5 Å². The normalized spacial score (nSPS) is 18.1. The molecule has 0 unspecified atom stereocenters. The molecule has 24 heavy (non-hydrogen) atoms. The number of para-hydroxylation sites is 1. The second-order valence-electron chi connectivity index (χ2n) is 7.18.